The maximum atomic E-state index is 9.77. The molecule has 0 unspecified atom stereocenters. The van der Waals surface area contributed by atoms with Crippen molar-refractivity contribution in [2.75, 3.05) is 4.90 Å². The van der Waals surface area contributed by atoms with Crippen LogP contribution >= 0.6 is 0 Å². The minimum Gasteiger partial charge on any atom is -0.455 e. The molecule has 2 heterocycles. The highest BCUT2D eigenvalue weighted by Gasteiger charge is 2.17. The lowest BCUT2D eigenvalue weighted by Crippen LogP contribution is -2.10. The molecule has 0 radical (unpaired) electrons. The molecule has 6 aromatic carbocycles. The van der Waals surface area contributed by atoms with Crippen molar-refractivity contribution in [3.05, 3.63) is 145 Å². The van der Waals surface area contributed by atoms with Gasteiger partial charge in [-0.3, -0.25) is 0 Å². The zero-order valence-electron chi connectivity index (χ0n) is 23.8. The third-order valence-electron chi connectivity index (χ3n) is 8.01. The highest BCUT2D eigenvalue weighted by molar-refractivity contribution is 6.09. The fourth-order valence-corrected chi connectivity index (χ4v) is 5.82. The van der Waals surface area contributed by atoms with Gasteiger partial charge in [0.2, 0.25) is 5.89 Å². The smallest absolute Gasteiger partial charge is 0.227 e. The molecule has 0 aliphatic heterocycles. The predicted octanol–water partition coefficient (Wildman–Crippen LogP) is 10.3. The zero-order chi connectivity index (χ0) is 30.3. The van der Waals surface area contributed by atoms with E-state index in [9.17, 15) is 10.5 Å². The van der Waals surface area contributed by atoms with Crippen molar-refractivity contribution in [3.8, 4) is 34.7 Å². The van der Waals surface area contributed by atoms with Gasteiger partial charge in [0.25, 0.3) is 0 Å². The zero-order valence-corrected chi connectivity index (χ0v) is 23.8. The van der Waals surface area contributed by atoms with Gasteiger partial charge in [-0.25, -0.2) is 4.98 Å². The van der Waals surface area contributed by atoms with Crippen molar-refractivity contribution < 1.29 is 8.83 Å². The third kappa shape index (κ3) is 4.46. The second-order valence-corrected chi connectivity index (χ2v) is 10.6. The fraction of sp³-hybridized carbons (Fsp3) is 0. The molecule has 8 aromatic rings. The van der Waals surface area contributed by atoms with Gasteiger partial charge < -0.3 is 13.7 Å². The van der Waals surface area contributed by atoms with E-state index >= 15 is 0 Å². The van der Waals surface area contributed by atoms with Crippen molar-refractivity contribution in [1.29, 1.82) is 10.5 Å². The number of hydrogen-bond acceptors (Lipinski definition) is 6. The summed E-state index contributed by atoms with van der Waals surface area (Å²) in [6.45, 7) is 0. The molecule has 0 N–H and O–H groups in total. The van der Waals surface area contributed by atoms with Gasteiger partial charge in [-0.05, 0) is 78.4 Å². The number of anilines is 3. The van der Waals surface area contributed by atoms with Crippen LogP contribution in [0.4, 0.5) is 17.1 Å². The quantitative estimate of drug-likeness (QED) is 0.202. The van der Waals surface area contributed by atoms with Crippen LogP contribution < -0.4 is 4.90 Å². The van der Waals surface area contributed by atoms with Gasteiger partial charge in [0.05, 0.1) is 11.1 Å². The van der Waals surface area contributed by atoms with Crippen molar-refractivity contribution in [2.45, 2.75) is 0 Å². The summed E-state index contributed by atoms with van der Waals surface area (Å²) in [6, 6.07) is 47.7. The van der Waals surface area contributed by atoms with Crippen molar-refractivity contribution >= 4 is 50.1 Å². The second-order valence-electron chi connectivity index (χ2n) is 10.6. The van der Waals surface area contributed by atoms with Gasteiger partial charge in [-0.1, -0.05) is 60.7 Å². The monoisotopic (exact) mass is 578 g/mol. The van der Waals surface area contributed by atoms with E-state index in [0.717, 1.165) is 66.8 Å². The Kier molecular flexibility index (Phi) is 6.12. The van der Waals surface area contributed by atoms with Crippen molar-refractivity contribution in [1.82, 2.24) is 4.98 Å². The van der Waals surface area contributed by atoms with E-state index in [1.54, 1.807) is 12.1 Å². The number of para-hydroxylation sites is 4. The number of hydrogen-bond donors (Lipinski definition) is 0. The molecule has 0 aliphatic rings. The number of fused-ring (bicyclic) bond motifs is 4. The Morgan fingerprint density at radius 2 is 1.18 bits per heavy atom. The van der Waals surface area contributed by atoms with Crippen LogP contribution in [0.3, 0.4) is 0 Å². The summed E-state index contributed by atoms with van der Waals surface area (Å²) < 4.78 is 12.3. The molecule has 0 spiro atoms. The minimum absolute atomic E-state index is 0.316. The Hall–Kier alpha value is -6.63. The van der Waals surface area contributed by atoms with E-state index < -0.39 is 0 Å². The lowest BCUT2D eigenvalue weighted by Gasteiger charge is -2.26. The van der Waals surface area contributed by atoms with Crippen LogP contribution in [0.25, 0.3) is 55.6 Å². The molecule has 0 amide bonds. The van der Waals surface area contributed by atoms with E-state index in [-0.39, 0.29) is 0 Å². The number of nitrogens with zero attached hydrogens (tertiary/aromatic N) is 4. The SMILES string of the molecule is N#Cc1ccc(N(c2ccc(-c3nc4ccccc4o3)cc2)c2ccc(-c3cccc4c3oc3ccccc34)cc2)cc1C#N. The molecule has 0 bridgehead atoms. The summed E-state index contributed by atoms with van der Waals surface area (Å²) in [7, 11) is 0. The molecule has 0 aliphatic carbocycles. The summed E-state index contributed by atoms with van der Waals surface area (Å²) in [5.41, 5.74) is 9.29. The molecule has 0 saturated heterocycles. The predicted molar refractivity (Wildman–Crippen MR) is 176 cm³/mol. The summed E-state index contributed by atoms with van der Waals surface area (Å²) in [5, 5.41) is 21.5. The first-order valence-electron chi connectivity index (χ1n) is 14.4. The molecule has 6 heteroatoms. The van der Waals surface area contributed by atoms with E-state index in [1.807, 2.05) is 72.8 Å². The standard InChI is InChI=1S/C39H22N4O2/c40-23-27-16-21-31(22-28(27)24-41)43(30-19-14-26(15-20-30)39-42-35-9-2-4-11-37(35)45-39)29-17-12-25(13-18-29)32-7-5-8-34-33-6-1-3-10-36(33)44-38(32)34/h1-22H. The normalized spacial score (nSPS) is 11.1. The van der Waals surface area contributed by atoms with E-state index in [2.05, 4.69) is 70.6 Å². The lowest BCUT2D eigenvalue weighted by molar-refractivity contribution is 0.620. The fourth-order valence-electron chi connectivity index (χ4n) is 5.82. The minimum atomic E-state index is 0.316. The van der Waals surface area contributed by atoms with E-state index in [1.165, 1.54) is 0 Å². The van der Waals surface area contributed by atoms with Gasteiger partial charge in [0.1, 0.15) is 28.8 Å². The highest BCUT2D eigenvalue weighted by atomic mass is 16.3. The average molecular weight is 579 g/mol. The summed E-state index contributed by atoms with van der Waals surface area (Å²) >= 11 is 0. The number of nitriles is 2. The molecule has 210 valence electrons. The largest absolute Gasteiger partial charge is 0.455 e. The summed E-state index contributed by atoms with van der Waals surface area (Å²) in [6.07, 6.45) is 0. The van der Waals surface area contributed by atoms with Gasteiger partial charge in [-0.2, -0.15) is 10.5 Å². The average Bonchev–Trinajstić information content (AvgIpc) is 3.71. The second kappa shape index (κ2) is 10.6. The van der Waals surface area contributed by atoms with Gasteiger partial charge in [0.15, 0.2) is 5.58 Å². The first kappa shape index (κ1) is 26.0. The lowest BCUT2D eigenvalue weighted by atomic mass is 10.0. The van der Waals surface area contributed by atoms with Gasteiger partial charge >= 0.3 is 0 Å². The molecular formula is C39H22N4O2. The Balaban J connectivity index is 1.21. The van der Waals surface area contributed by atoms with Crippen LogP contribution in [-0.4, -0.2) is 4.98 Å². The van der Waals surface area contributed by atoms with Crippen LogP contribution in [0.15, 0.2) is 142 Å². The Bertz CT molecular complexity index is 2420. The Morgan fingerprint density at radius 1 is 0.533 bits per heavy atom. The Labute approximate surface area is 258 Å². The first-order chi connectivity index (χ1) is 22.2. The summed E-state index contributed by atoms with van der Waals surface area (Å²) in [4.78, 5) is 6.69. The topological polar surface area (TPSA) is 90.0 Å². The molecule has 0 fully saturated rings. The molecule has 0 atom stereocenters. The van der Waals surface area contributed by atoms with Crippen LogP contribution in [-0.2, 0) is 0 Å². The molecule has 45 heavy (non-hydrogen) atoms. The number of oxazole rings is 1. The van der Waals surface area contributed by atoms with Gasteiger partial charge in [-0.15, -0.1) is 0 Å². The third-order valence-corrected chi connectivity index (χ3v) is 8.01. The number of benzene rings is 6. The van der Waals surface area contributed by atoms with Crippen LogP contribution in [0.2, 0.25) is 0 Å². The van der Waals surface area contributed by atoms with Crippen molar-refractivity contribution in [2.24, 2.45) is 0 Å². The number of rotatable bonds is 5. The summed E-state index contributed by atoms with van der Waals surface area (Å²) in [5.74, 6) is 0.545. The van der Waals surface area contributed by atoms with Crippen LogP contribution in [0.1, 0.15) is 11.1 Å². The Morgan fingerprint density at radius 3 is 1.91 bits per heavy atom. The number of furan rings is 1. The van der Waals surface area contributed by atoms with Crippen LogP contribution in [0, 0.1) is 22.7 Å². The molecular weight excluding hydrogens is 556 g/mol. The van der Waals surface area contributed by atoms with Gasteiger partial charge in [0, 0.05) is 39.0 Å². The van der Waals surface area contributed by atoms with E-state index in [0.29, 0.717) is 17.0 Å². The maximum Gasteiger partial charge on any atom is 0.227 e. The van der Waals surface area contributed by atoms with Crippen molar-refractivity contribution in [3.63, 3.8) is 0 Å². The molecule has 8 rings (SSSR count). The molecule has 0 saturated carbocycles. The number of aromatic nitrogens is 1. The van der Waals surface area contributed by atoms with E-state index in [4.69, 9.17) is 8.83 Å². The molecule has 6 nitrogen and oxygen atoms in total. The maximum absolute atomic E-state index is 9.77. The molecule has 2 aromatic heterocycles. The van der Waals surface area contributed by atoms with Crippen LogP contribution in [0.5, 0.6) is 0 Å². The first-order valence-corrected chi connectivity index (χ1v) is 14.4. The highest BCUT2D eigenvalue weighted by Crippen LogP contribution is 2.40.